The maximum Gasteiger partial charge on any atom is 0.193 e. The van der Waals surface area contributed by atoms with E-state index in [1.165, 1.54) is 6.07 Å². The van der Waals surface area contributed by atoms with Gasteiger partial charge in [0.05, 0.1) is 0 Å². The molecule has 0 saturated carbocycles. The topological polar surface area (TPSA) is 17.1 Å². The number of carbonyl (C=O) groups is 1. The van der Waals surface area contributed by atoms with Crippen molar-refractivity contribution in [2.75, 3.05) is 0 Å². The lowest BCUT2D eigenvalue weighted by molar-refractivity contribution is 0.103. The molecular formula is C15H12ClFO. The zero-order valence-electron chi connectivity index (χ0n) is 10.1. The first kappa shape index (κ1) is 12.8. The van der Waals surface area contributed by atoms with Crippen LogP contribution >= 0.6 is 11.6 Å². The van der Waals surface area contributed by atoms with Crippen LogP contribution in [0.4, 0.5) is 4.39 Å². The maximum absolute atomic E-state index is 13.4. The number of hydrogen-bond acceptors (Lipinski definition) is 1. The van der Waals surface area contributed by atoms with Crippen molar-refractivity contribution in [1.29, 1.82) is 0 Å². The molecule has 2 rings (SSSR count). The van der Waals surface area contributed by atoms with Gasteiger partial charge in [-0.3, -0.25) is 4.79 Å². The minimum absolute atomic E-state index is 0.226. The second-order valence-electron chi connectivity index (χ2n) is 4.26. The van der Waals surface area contributed by atoms with Gasteiger partial charge in [0.1, 0.15) is 5.82 Å². The molecule has 0 bridgehead atoms. The Morgan fingerprint density at radius 2 is 1.56 bits per heavy atom. The second kappa shape index (κ2) is 4.91. The number of hydrogen-bond donors (Lipinski definition) is 0. The van der Waals surface area contributed by atoms with Gasteiger partial charge in [0.25, 0.3) is 0 Å². The SMILES string of the molecule is Cc1ccc(C(=O)c2ccc(C)c(Cl)c2)cc1F. The number of aryl methyl sites for hydroxylation is 2. The van der Waals surface area contributed by atoms with Crippen LogP contribution < -0.4 is 0 Å². The zero-order chi connectivity index (χ0) is 13.3. The van der Waals surface area contributed by atoms with Crippen LogP contribution in [0.25, 0.3) is 0 Å². The number of benzene rings is 2. The lowest BCUT2D eigenvalue weighted by atomic mass is 10.0. The van der Waals surface area contributed by atoms with E-state index < -0.39 is 0 Å². The summed E-state index contributed by atoms with van der Waals surface area (Å²) in [5, 5.41) is 0.536. The molecule has 2 aromatic rings. The number of rotatable bonds is 2. The Hall–Kier alpha value is -1.67. The fourth-order valence-corrected chi connectivity index (χ4v) is 1.82. The first-order chi connectivity index (χ1) is 8.49. The largest absolute Gasteiger partial charge is 0.289 e. The van der Waals surface area contributed by atoms with Crippen LogP contribution in [0, 0.1) is 19.7 Å². The Bertz CT molecular complexity index is 566. The Labute approximate surface area is 110 Å². The van der Waals surface area contributed by atoms with Crippen LogP contribution in [0.2, 0.25) is 5.02 Å². The third-order valence-electron chi connectivity index (χ3n) is 2.87. The molecule has 0 N–H and O–H groups in total. The summed E-state index contributed by atoms with van der Waals surface area (Å²) in [6.45, 7) is 3.52. The number of ketones is 1. The molecule has 0 unspecified atom stereocenters. The van der Waals surface area contributed by atoms with E-state index in [4.69, 9.17) is 11.6 Å². The van der Waals surface area contributed by atoms with Crippen LogP contribution in [0.15, 0.2) is 36.4 Å². The molecule has 0 aromatic heterocycles. The molecule has 0 amide bonds. The highest BCUT2D eigenvalue weighted by atomic mass is 35.5. The molecule has 3 heteroatoms. The van der Waals surface area contributed by atoms with E-state index in [2.05, 4.69) is 0 Å². The summed E-state index contributed by atoms with van der Waals surface area (Å²) in [7, 11) is 0. The second-order valence-corrected chi connectivity index (χ2v) is 4.66. The first-order valence-corrected chi connectivity index (χ1v) is 5.94. The van der Waals surface area contributed by atoms with Gasteiger partial charge in [-0.1, -0.05) is 35.9 Å². The van der Waals surface area contributed by atoms with E-state index in [1.54, 1.807) is 37.3 Å². The molecule has 0 atom stereocenters. The van der Waals surface area contributed by atoms with Crippen LogP contribution in [-0.2, 0) is 0 Å². The standard InChI is InChI=1S/C15H12ClFO/c1-9-3-5-11(7-13(9)16)15(18)12-6-4-10(2)14(17)8-12/h3-8H,1-2H3. The quantitative estimate of drug-likeness (QED) is 0.737. The molecular weight excluding hydrogens is 251 g/mol. The van der Waals surface area contributed by atoms with Gasteiger partial charge in [-0.2, -0.15) is 0 Å². The van der Waals surface area contributed by atoms with Gasteiger partial charge in [0, 0.05) is 16.1 Å². The highest BCUT2D eigenvalue weighted by Gasteiger charge is 2.11. The van der Waals surface area contributed by atoms with E-state index in [1.807, 2.05) is 6.92 Å². The Balaban J connectivity index is 2.41. The summed E-state index contributed by atoms with van der Waals surface area (Å²) in [4.78, 5) is 12.1. The van der Waals surface area contributed by atoms with E-state index in [0.29, 0.717) is 21.7 Å². The minimum atomic E-state index is -0.376. The molecule has 0 aliphatic heterocycles. The van der Waals surface area contributed by atoms with E-state index in [-0.39, 0.29) is 11.6 Å². The molecule has 0 spiro atoms. The van der Waals surface area contributed by atoms with Crippen LogP contribution in [0.1, 0.15) is 27.0 Å². The Morgan fingerprint density at radius 1 is 1.00 bits per heavy atom. The van der Waals surface area contributed by atoms with Crippen LogP contribution in [-0.4, -0.2) is 5.78 Å². The summed E-state index contributed by atoms with van der Waals surface area (Å²) >= 11 is 5.98. The lowest BCUT2D eigenvalue weighted by Crippen LogP contribution is -2.02. The van der Waals surface area contributed by atoms with Crippen LogP contribution in [0.5, 0.6) is 0 Å². The zero-order valence-corrected chi connectivity index (χ0v) is 10.9. The fourth-order valence-electron chi connectivity index (χ4n) is 1.63. The number of halogens is 2. The van der Waals surface area contributed by atoms with Crippen molar-refractivity contribution in [3.63, 3.8) is 0 Å². The minimum Gasteiger partial charge on any atom is -0.289 e. The fraction of sp³-hybridized carbons (Fsp3) is 0.133. The predicted octanol–water partition coefficient (Wildman–Crippen LogP) is 4.33. The summed E-state index contributed by atoms with van der Waals surface area (Å²) in [5.74, 6) is -0.602. The van der Waals surface area contributed by atoms with E-state index >= 15 is 0 Å². The van der Waals surface area contributed by atoms with Gasteiger partial charge in [0.15, 0.2) is 5.78 Å². The van der Waals surface area contributed by atoms with Crippen LogP contribution in [0.3, 0.4) is 0 Å². The van der Waals surface area contributed by atoms with Crippen molar-refractivity contribution in [2.24, 2.45) is 0 Å². The molecule has 0 fully saturated rings. The molecule has 92 valence electrons. The average molecular weight is 263 g/mol. The van der Waals surface area contributed by atoms with Gasteiger partial charge in [0.2, 0.25) is 0 Å². The molecule has 0 aliphatic carbocycles. The summed E-state index contributed by atoms with van der Waals surface area (Å²) in [6, 6.07) is 9.55. The highest BCUT2D eigenvalue weighted by molar-refractivity contribution is 6.31. The van der Waals surface area contributed by atoms with Crippen molar-refractivity contribution in [2.45, 2.75) is 13.8 Å². The van der Waals surface area contributed by atoms with Crippen molar-refractivity contribution >= 4 is 17.4 Å². The predicted molar refractivity (Wildman–Crippen MR) is 70.8 cm³/mol. The van der Waals surface area contributed by atoms with Gasteiger partial charge in [-0.25, -0.2) is 4.39 Å². The third-order valence-corrected chi connectivity index (χ3v) is 3.28. The molecule has 0 aliphatic rings. The molecule has 0 heterocycles. The first-order valence-electron chi connectivity index (χ1n) is 5.56. The summed E-state index contributed by atoms with van der Waals surface area (Å²) < 4.78 is 13.4. The number of carbonyl (C=O) groups excluding carboxylic acids is 1. The Kier molecular flexibility index (Phi) is 3.48. The molecule has 18 heavy (non-hydrogen) atoms. The van der Waals surface area contributed by atoms with Gasteiger partial charge in [-0.05, 0) is 37.1 Å². The monoisotopic (exact) mass is 262 g/mol. The molecule has 2 aromatic carbocycles. The van der Waals surface area contributed by atoms with Gasteiger partial charge >= 0.3 is 0 Å². The summed E-state index contributed by atoms with van der Waals surface area (Å²) in [6.07, 6.45) is 0. The van der Waals surface area contributed by atoms with Crippen molar-refractivity contribution in [1.82, 2.24) is 0 Å². The average Bonchev–Trinajstić information content (AvgIpc) is 2.35. The normalized spacial score (nSPS) is 10.4. The van der Waals surface area contributed by atoms with Gasteiger partial charge in [-0.15, -0.1) is 0 Å². The maximum atomic E-state index is 13.4. The molecule has 1 nitrogen and oxygen atoms in total. The highest BCUT2D eigenvalue weighted by Crippen LogP contribution is 2.20. The molecule has 0 saturated heterocycles. The lowest BCUT2D eigenvalue weighted by Gasteiger charge is -2.05. The Morgan fingerprint density at radius 3 is 2.11 bits per heavy atom. The van der Waals surface area contributed by atoms with E-state index in [0.717, 1.165) is 5.56 Å². The third kappa shape index (κ3) is 2.44. The van der Waals surface area contributed by atoms with Gasteiger partial charge < -0.3 is 0 Å². The molecule has 0 radical (unpaired) electrons. The van der Waals surface area contributed by atoms with Crippen molar-refractivity contribution < 1.29 is 9.18 Å². The smallest absolute Gasteiger partial charge is 0.193 e. The van der Waals surface area contributed by atoms with E-state index in [9.17, 15) is 9.18 Å². The van der Waals surface area contributed by atoms with Crippen molar-refractivity contribution in [3.05, 3.63) is 69.5 Å². The van der Waals surface area contributed by atoms with Crippen molar-refractivity contribution in [3.8, 4) is 0 Å². The summed E-state index contributed by atoms with van der Waals surface area (Å²) in [5.41, 5.74) is 2.23.